The van der Waals surface area contributed by atoms with Crippen molar-refractivity contribution in [2.75, 3.05) is 55.0 Å². The highest BCUT2D eigenvalue weighted by molar-refractivity contribution is 7.17. The third-order valence-electron chi connectivity index (χ3n) is 5.91. The Kier molecular flexibility index (Phi) is 7.07. The van der Waals surface area contributed by atoms with Gasteiger partial charge in [0.15, 0.2) is 5.13 Å². The molecule has 0 saturated carbocycles. The number of aromatic nitrogens is 3. The smallest absolute Gasteiger partial charge is 0.347 e. The number of nitrogens with one attached hydrogen (secondary N) is 1. The zero-order chi connectivity index (χ0) is 22.7. The molecule has 0 aromatic carbocycles. The average Bonchev–Trinajstić information content (AvgIpc) is 3.01. The van der Waals surface area contributed by atoms with Crippen molar-refractivity contribution in [3.63, 3.8) is 0 Å². The molecule has 1 fully saturated rings. The first-order valence-corrected chi connectivity index (χ1v) is 11.8. The Morgan fingerprint density at radius 1 is 1.19 bits per heavy atom. The topological polar surface area (TPSA) is 124 Å². The second-order valence-electron chi connectivity index (χ2n) is 8.19. The molecule has 2 aliphatic heterocycles. The van der Waals surface area contributed by atoms with E-state index in [-0.39, 0.29) is 11.0 Å². The van der Waals surface area contributed by atoms with E-state index in [0.717, 1.165) is 74.0 Å². The summed E-state index contributed by atoms with van der Waals surface area (Å²) in [5, 5.41) is 22.9. The molecule has 0 bridgehead atoms. The van der Waals surface area contributed by atoms with Gasteiger partial charge >= 0.3 is 5.97 Å². The van der Waals surface area contributed by atoms with Crippen molar-refractivity contribution < 1.29 is 19.7 Å². The fourth-order valence-corrected chi connectivity index (χ4v) is 5.01. The monoisotopic (exact) mass is 462 g/mol. The Morgan fingerprint density at radius 3 is 2.62 bits per heavy atom. The molecule has 1 saturated heterocycles. The van der Waals surface area contributed by atoms with Gasteiger partial charge in [-0.1, -0.05) is 11.3 Å². The van der Waals surface area contributed by atoms with Crippen LogP contribution < -0.4 is 15.1 Å². The lowest BCUT2D eigenvalue weighted by Gasteiger charge is -2.33. The largest absolute Gasteiger partial charge is 0.477 e. The third-order valence-corrected chi connectivity index (χ3v) is 6.97. The van der Waals surface area contributed by atoms with Crippen LogP contribution in [0.5, 0.6) is 0 Å². The van der Waals surface area contributed by atoms with Crippen LogP contribution in [0.3, 0.4) is 0 Å². The van der Waals surface area contributed by atoms with Crippen molar-refractivity contribution in [3.8, 4) is 0 Å². The highest BCUT2D eigenvalue weighted by Gasteiger charge is 2.27. The summed E-state index contributed by atoms with van der Waals surface area (Å²) in [7, 11) is 1.70. The minimum absolute atomic E-state index is 0.203. The van der Waals surface area contributed by atoms with Crippen LogP contribution in [0, 0.1) is 6.92 Å². The van der Waals surface area contributed by atoms with Crippen molar-refractivity contribution in [2.24, 2.45) is 0 Å². The molecule has 4 heterocycles. The average molecular weight is 463 g/mol. The summed E-state index contributed by atoms with van der Waals surface area (Å²) in [5.41, 5.74) is 1.59. The van der Waals surface area contributed by atoms with Crippen molar-refractivity contribution in [2.45, 2.75) is 45.1 Å². The molecule has 0 atom stereocenters. The molecule has 4 rings (SSSR count). The van der Waals surface area contributed by atoms with Crippen LogP contribution in [0.2, 0.25) is 0 Å². The highest BCUT2D eigenvalue weighted by atomic mass is 32.1. The fraction of sp³-hybridized carbons (Fsp3) is 0.619. The van der Waals surface area contributed by atoms with E-state index < -0.39 is 5.97 Å². The summed E-state index contributed by atoms with van der Waals surface area (Å²) in [6.07, 6.45) is 4.17. The number of piperidine rings is 1. The Labute approximate surface area is 191 Å². The number of ether oxygens (including phenoxy) is 1. The number of aliphatic hydroxyl groups excluding tert-OH is 1. The molecule has 11 heteroatoms. The van der Waals surface area contributed by atoms with Crippen LogP contribution in [0.4, 0.5) is 22.7 Å². The van der Waals surface area contributed by atoms with Crippen molar-refractivity contribution in [1.82, 2.24) is 15.0 Å². The van der Waals surface area contributed by atoms with E-state index in [4.69, 9.17) is 14.7 Å². The van der Waals surface area contributed by atoms with Gasteiger partial charge in [0.25, 0.3) is 0 Å². The number of thiazole rings is 1. The first-order chi connectivity index (χ1) is 15.5. The molecule has 174 valence electrons. The van der Waals surface area contributed by atoms with E-state index in [9.17, 15) is 15.0 Å². The zero-order valence-corrected chi connectivity index (χ0v) is 19.3. The number of carbonyl (C=O) groups is 1. The van der Waals surface area contributed by atoms with E-state index in [1.165, 1.54) is 0 Å². The van der Waals surface area contributed by atoms with E-state index in [1.54, 1.807) is 14.0 Å². The van der Waals surface area contributed by atoms with E-state index in [1.807, 2.05) is 0 Å². The molecule has 0 unspecified atom stereocenters. The molecule has 0 amide bonds. The molecule has 0 aliphatic carbocycles. The summed E-state index contributed by atoms with van der Waals surface area (Å²) in [5.74, 6) is 1.19. The molecular weight excluding hydrogens is 432 g/mol. The van der Waals surface area contributed by atoms with Crippen LogP contribution in [0.25, 0.3) is 0 Å². The summed E-state index contributed by atoms with van der Waals surface area (Å²) in [6, 6.07) is 0. The highest BCUT2D eigenvalue weighted by Crippen LogP contribution is 2.35. The van der Waals surface area contributed by atoms with Crippen LogP contribution >= 0.6 is 11.3 Å². The molecule has 2 aliphatic rings. The molecule has 2 aromatic rings. The fourth-order valence-electron chi connectivity index (χ4n) is 4.21. The number of aryl methyl sites for hydroxylation is 1. The van der Waals surface area contributed by atoms with Gasteiger partial charge in [-0.25, -0.2) is 9.78 Å². The van der Waals surface area contributed by atoms with Crippen molar-refractivity contribution in [3.05, 3.63) is 16.1 Å². The standard InChI is InChI=1S/C21H30N6O4S/c1-13-16(19(29)30)32-21(22-13)25-20-23-17-15(5-3-4-8-26(17)11-12-31-2)18(24-20)27-9-6-14(28)7-10-27/h14,28H,3-12H2,1-2H3,(H,29,30)(H,22,23,24,25). The molecule has 0 radical (unpaired) electrons. The minimum atomic E-state index is -0.991. The van der Waals surface area contributed by atoms with Crippen LogP contribution in [-0.4, -0.2) is 77.1 Å². The second-order valence-corrected chi connectivity index (χ2v) is 9.19. The number of rotatable bonds is 7. The van der Waals surface area contributed by atoms with Gasteiger partial charge in [0.2, 0.25) is 5.95 Å². The number of hydrogen-bond donors (Lipinski definition) is 3. The van der Waals surface area contributed by atoms with Crippen LogP contribution in [0.1, 0.15) is 46.6 Å². The first kappa shape index (κ1) is 22.7. The number of nitrogens with zero attached hydrogens (tertiary/aromatic N) is 5. The maximum atomic E-state index is 11.4. The Bertz CT molecular complexity index is 960. The van der Waals surface area contributed by atoms with Gasteiger partial charge in [-0.2, -0.15) is 9.97 Å². The maximum Gasteiger partial charge on any atom is 0.347 e. The Hall–Kier alpha value is -2.50. The first-order valence-electron chi connectivity index (χ1n) is 11.0. The third kappa shape index (κ3) is 4.94. The zero-order valence-electron chi connectivity index (χ0n) is 18.5. The predicted octanol–water partition coefficient (Wildman–Crippen LogP) is 2.43. The number of anilines is 4. The normalized spacial score (nSPS) is 17.2. The lowest BCUT2D eigenvalue weighted by Crippen LogP contribution is -2.37. The second kappa shape index (κ2) is 9.97. The summed E-state index contributed by atoms with van der Waals surface area (Å²) in [4.78, 5) is 30.1. The molecule has 2 aromatic heterocycles. The number of methoxy groups -OCH3 is 1. The Balaban J connectivity index is 1.73. The van der Waals surface area contributed by atoms with E-state index in [0.29, 0.717) is 36.2 Å². The van der Waals surface area contributed by atoms with Gasteiger partial charge in [0, 0.05) is 38.9 Å². The number of carboxylic acid groups (broad SMARTS) is 1. The number of carboxylic acids is 1. The quantitative estimate of drug-likeness (QED) is 0.565. The van der Waals surface area contributed by atoms with Gasteiger partial charge in [-0.15, -0.1) is 0 Å². The molecule has 0 spiro atoms. The lowest BCUT2D eigenvalue weighted by molar-refractivity contribution is 0.0701. The van der Waals surface area contributed by atoms with Gasteiger partial charge in [-0.3, -0.25) is 5.32 Å². The molecule has 10 nitrogen and oxygen atoms in total. The molecular formula is C21H30N6O4S. The van der Waals surface area contributed by atoms with Crippen LogP contribution in [-0.2, 0) is 11.2 Å². The minimum Gasteiger partial charge on any atom is -0.477 e. The SMILES string of the molecule is COCCN1CCCCc2c1nc(Nc1nc(C)c(C(=O)O)s1)nc2N1CCC(O)CC1. The molecule has 3 N–H and O–H groups in total. The van der Waals surface area contributed by atoms with E-state index in [2.05, 4.69) is 20.1 Å². The van der Waals surface area contributed by atoms with Gasteiger partial charge in [0.05, 0.1) is 18.4 Å². The Morgan fingerprint density at radius 2 is 1.94 bits per heavy atom. The molecule has 32 heavy (non-hydrogen) atoms. The van der Waals surface area contributed by atoms with Gasteiger partial charge < -0.3 is 24.7 Å². The lowest BCUT2D eigenvalue weighted by atomic mass is 10.1. The number of aliphatic hydroxyl groups is 1. The number of hydrogen-bond acceptors (Lipinski definition) is 10. The maximum absolute atomic E-state index is 11.4. The predicted molar refractivity (Wildman–Crippen MR) is 124 cm³/mol. The summed E-state index contributed by atoms with van der Waals surface area (Å²) < 4.78 is 5.32. The van der Waals surface area contributed by atoms with Crippen molar-refractivity contribution in [1.29, 1.82) is 0 Å². The number of aromatic carboxylic acids is 1. The summed E-state index contributed by atoms with van der Waals surface area (Å²) in [6.45, 7) is 5.39. The van der Waals surface area contributed by atoms with Gasteiger partial charge in [0.1, 0.15) is 16.5 Å². The van der Waals surface area contributed by atoms with Crippen LogP contribution in [0.15, 0.2) is 0 Å². The van der Waals surface area contributed by atoms with Crippen molar-refractivity contribution >= 4 is 40.0 Å². The van der Waals surface area contributed by atoms with E-state index >= 15 is 0 Å². The van der Waals surface area contributed by atoms with Gasteiger partial charge in [-0.05, 0) is 39.0 Å². The number of fused-ring (bicyclic) bond motifs is 1. The summed E-state index contributed by atoms with van der Waals surface area (Å²) >= 11 is 1.08.